The number of ketones is 1. The standard InChI is InChI=1S/C21H20F2O4/c1-13-4-5-14(2)18(12-13)20(25)15(3)26-19(24)11-8-16-6-9-17(10-7-16)27-21(22)23/h4-12,15,21H,1-3H3. The van der Waals surface area contributed by atoms with Gasteiger partial charge in [-0.05, 0) is 56.2 Å². The molecule has 1 unspecified atom stereocenters. The van der Waals surface area contributed by atoms with Crippen molar-refractivity contribution in [2.75, 3.05) is 0 Å². The van der Waals surface area contributed by atoms with Crippen LogP contribution in [0, 0.1) is 13.8 Å². The number of hydrogen-bond donors (Lipinski definition) is 0. The molecule has 0 spiro atoms. The third-order valence-electron chi connectivity index (χ3n) is 3.84. The predicted octanol–water partition coefficient (Wildman–Crippen LogP) is 4.73. The van der Waals surface area contributed by atoms with E-state index in [0.29, 0.717) is 11.1 Å². The van der Waals surface area contributed by atoms with Crippen LogP contribution in [0.3, 0.4) is 0 Å². The van der Waals surface area contributed by atoms with Crippen molar-refractivity contribution in [3.05, 3.63) is 70.8 Å². The molecule has 0 aromatic heterocycles. The number of carbonyl (C=O) groups excluding carboxylic acids is 2. The summed E-state index contributed by atoms with van der Waals surface area (Å²) in [5.74, 6) is -0.919. The first kappa shape index (κ1) is 20.3. The van der Waals surface area contributed by atoms with Gasteiger partial charge in [0, 0.05) is 11.6 Å². The minimum Gasteiger partial charge on any atom is -0.451 e. The molecule has 2 rings (SSSR count). The van der Waals surface area contributed by atoms with Crippen molar-refractivity contribution in [1.29, 1.82) is 0 Å². The summed E-state index contributed by atoms with van der Waals surface area (Å²) in [5, 5.41) is 0. The Morgan fingerprint density at radius 2 is 1.70 bits per heavy atom. The Bertz CT molecular complexity index is 842. The maximum atomic E-state index is 12.5. The summed E-state index contributed by atoms with van der Waals surface area (Å²) in [6.45, 7) is 2.33. The quantitative estimate of drug-likeness (QED) is 0.399. The van der Waals surface area contributed by atoms with Gasteiger partial charge in [-0.2, -0.15) is 8.78 Å². The molecule has 0 N–H and O–H groups in total. The lowest BCUT2D eigenvalue weighted by Crippen LogP contribution is -2.24. The minimum atomic E-state index is -2.89. The Hall–Kier alpha value is -3.02. The molecule has 1 atom stereocenters. The molecular formula is C21H20F2O4. The van der Waals surface area contributed by atoms with Crippen LogP contribution in [0.15, 0.2) is 48.5 Å². The molecule has 0 aliphatic carbocycles. The molecule has 2 aromatic carbocycles. The molecule has 0 fully saturated rings. The van der Waals surface area contributed by atoms with Crippen molar-refractivity contribution in [2.24, 2.45) is 0 Å². The number of halogens is 2. The average molecular weight is 374 g/mol. The molecule has 6 heteroatoms. The van der Waals surface area contributed by atoms with E-state index in [0.717, 1.165) is 11.1 Å². The molecule has 2 aromatic rings. The van der Waals surface area contributed by atoms with E-state index in [1.807, 2.05) is 26.0 Å². The third kappa shape index (κ3) is 6.02. The Labute approximate surface area is 156 Å². The number of esters is 1. The summed E-state index contributed by atoms with van der Waals surface area (Å²) >= 11 is 0. The topological polar surface area (TPSA) is 52.6 Å². The van der Waals surface area contributed by atoms with Crippen LogP contribution in [-0.4, -0.2) is 24.5 Å². The molecule has 0 amide bonds. The van der Waals surface area contributed by atoms with Gasteiger partial charge >= 0.3 is 12.6 Å². The Balaban J connectivity index is 1.97. The second-order valence-electron chi connectivity index (χ2n) is 6.04. The van der Waals surface area contributed by atoms with E-state index in [9.17, 15) is 18.4 Å². The fourth-order valence-electron chi connectivity index (χ4n) is 2.41. The van der Waals surface area contributed by atoms with Crippen LogP contribution in [0.4, 0.5) is 8.78 Å². The fourth-order valence-corrected chi connectivity index (χ4v) is 2.41. The van der Waals surface area contributed by atoms with Gasteiger partial charge in [-0.25, -0.2) is 4.79 Å². The summed E-state index contributed by atoms with van der Waals surface area (Å²) in [5.41, 5.74) is 2.88. The van der Waals surface area contributed by atoms with E-state index < -0.39 is 18.7 Å². The highest BCUT2D eigenvalue weighted by Crippen LogP contribution is 2.17. The van der Waals surface area contributed by atoms with Crippen LogP contribution in [0.1, 0.15) is 34.0 Å². The van der Waals surface area contributed by atoms with Gasteiger partial charge in [0.15, 0.2) is 6.10 Å². The SMILES string of the molecule is Cc1ccc(C)c(C(=O)C(C)OC(=O)C=Cc2ccc(OC(F)F)cc2)c1. The fraction of sp³-hybridized carbons (Fsp3) is 0.238. The van der Waals surface area contributed by atoms with E-state index in [4.69, 9.17) is 4.74 Å². The largest absolute Gasteiger partial charge is 0.451 e. The van der Waals surface area contributed by atoms with Gasteiger partial charge < -0.3 is 9.47 Å². The number of rotatable bonds is 7. The number of ether oxygens (including phenoxy) is 2. The number of hydrogen-bond acceptors (Lipinski definition) is 4. The summed E-state index contributed by atoms with van der Waals surface area (Å²) in [7, 11) is 0. The molecule has 0 bridgehead atoms. The van der Waals surface area contributed by atoms with Gasteiger partial charge in [-0.1, -0.05) is 29.8 Å². The molecule has 0 saturated carbocycles. The molecule has 0 radical (unpaired) electrons. The molecule has 0 heterocycles. The first-order chi connectivity index (χ1) is 12.8. The first-order valence-corrected chi connectivity index (χ1v) is 8.31. The van der Waals surface area contributed by atoms with Gasteiger partial charge in [0.2, 0.25) is 5.78 Å². The molecule has 0 aliphatic heterocycles. The number of benzene rings is 2. The maximum Gasteiger partial charge on any atom is 0.387 e. The normalized spacial score (nSPS) is 12.2. The Morgan fingerprint density at radius 3 is 2.33 bits per heavy atom. The van der Waals surface area contributed by atoms with Crippen molar-refractivity contribution in [3.8, 4) is 5.75 Å². The zero-order chi connectivity index (χ0) is 20.0. The molecule has 27 heavy (non-hydrogen) atoms. The Kier molecular flexibility index (Phi) is 6.82. The second-order valence-corrected chi connectivity index (χ2v) is 6.04. The van der Waals surface area contributed by atoms with Crippen molar-refractivity contribution in [1.82, 2.24) is 0 Å². The highest BCUT2D eigenvalue weighted by Gasteiger charge is 2.20. The van der Waals surface area contributed by atoms with Crippen molar-refractivity contribution in [3.63, 3.8) is 0 Å². The zero-order valence-corrected chi connectivity index (χ0v) is 15.2. The van der Waals surface area contributed by atoms with Crippen LogP contribution in [0.5, 0.6) is 5.75 Å². The first-order valence-electron chi connectivity index (χ1n) is 8.31. The van der Waals surface area contributed by atoms with E-state index in [1.54, 1.807) is 6.07 Å². The number of carbonyl (C=O) groups is 2. The maximum absolute atomic E-state index is 12.5. The smallest absolute Gasteiger partial charge is 0.387 e. The lowest BCUT2D eigenvalue weighted by Gasteiger charge is -2.13. The van der Waals surface area contributed by atoms with Crippen LogP contribution < -0.4 is 4.74 Å². The van der Waals surface area contributed by atoms with Crippen LogP contribution in [0.2, 0.25) is 0 Å². The summed E-state index contributed by atoms with van der Waals surface area (Å²) in [6.07, 6.45) is 1.71. The van der Waals surface area contributed by atoms with Crippen LogP contribution in [0.25, 0.3) is 6.08 Å². The lowest BCUT2D eigenvalue weighted by molar-refractivity contribution is -0.140. The van der Waals surface area contributed by atoms with E-state index in [2.05, 4.69) is 4.74 Å². The summed E-state index contributed by atoms with van der Waals surface area (Å²) < 4.78 is 33.6. The molecule has 4 nitrogen and oxygen atoms in total. The van der Waals surface area contributed by atoms with Gasteiger partial charge in [0.1, 0.15) is 5.75 Å². The number of Topliss-reactive ketones (excluding diaryl/α,β-unsaturated/α-hetero) is 1. The third-order valence-corrected chi connectivity index (χ3v) is 3.84. The summed E-state index contributed by atoms with van der Waals surface area (Å²) in [6, 6.07) is 11.3. The van der Waals surface area contributed by atoms with Gasteiger partial charge in [0.05, 0.1) is 0 Å². The highest BCUT2D eigenvalue weighted by molar-refractivity contribution is 6.02. The molecule has 0 saturated heterocycles. The predicted molar refractivity (Wildman–Crippen MR) is 97.9 cm³/mol. The molecular weight excluding hydrogens is 354 g/mol. The van der Waals surface area contributed by atoms with Crippen molar-refractivity contribution in [2.45, 2.75) is 33.5 Å². The van der Waals surface area contributed by atoms with E-state index in [-0.39, 0.29) is 11.5 Å². The monoisotopic (exact) mass is 374 g/mol. The second kappa shape index (κ2) is 9.07. The summed E-state index contributed by atoms with van der Waals surface area (Å²) in [4.78, 5) is 24.4. The zero-order valence-electron chi connectivity index (χ0n) is 15.2. The van der Waals surface area contributed by atoms with E-state index in [1.165, 1.54) is 43.3 Å². The molecule has 142 valence electrons. The van der Waals surface area contributed by atoms with Crippen LogP contribution in [-0.2, 0) is 9.53 Å². The van der Waals surface area contributed by atoms with Crippen molar-refractivity contribution < 1.29 is 27.8 Å². The van der Waals surface area contributed by atoms with Crippen molar-refractivity contribution >= 4 is 17.8 Å². The van der Waals surface area contributed by atoms with Crippen LogP contribution >= 0.6 is 0 Å². The minimum absolute atomic E-state index is 0.0254. The van der Waals surface area contributed by atoms with Gasteiger partial charge in [-0.3, -0.25) is 4.79 Å². The Morgan fingerprint density at radius 1 is 1.04 bits per heavy atom. The van der Waals surface area contributed by atoms with E-state index >= 15 is 0 Å². The van der Waals surface area contributed by atoms with Gasteiger partial charge in [-0.15, -0.1) is 0 Å². The number of aryl methyl sites for hydroxylation is 2. The lowest BCUT2D eigenvalue weighted by atomic mass is 9.99. The number of alkyl halides is 2. The molecule has 0 aliphatic rings. The highest BCUT2D eigenvalue weighted by atomic mass is 19.3. The van der Waals surface area contributed by atoms with Gasteiger partial charge in [0.25, 0.3) is 0 Å². The average Bonchev–Trinajstić information content (AvgIpc) is 2.62.